The van der Waals surface area contributed by atoms with Gasteiger partial charge in [-0.2, -0.15) is 0 Å². The average molecular weight is 280 g/mol. The van der Waals surface area contributed by atoms with Crippen LogP contribution in [0.3, 0.4) is 0 Å². The molecule has 0 aromatic carbocycles. The van der Waals surface area contributed by atoms with Crippen LogP contribution in [-0.4, -0.2) is 35.3 Å². The van der Waals surface area contributed by atoms with E-state index in [1.165, 1.54) is 0 Å². The van der Waals surface area contributed by atoms with Crippen molar-refractivity contribution in [2.45, 2.75) is 58.9 Å². The van der Waals surface area contributed by atoms with Crippen LogP contribution in [0, 0.1) is 0 Å². The standard InChI is InChI=1S/C13H29FO3Si/c1-4-15-18(16-5-2,17-6-3)13-11-9-7-8-10-12-14/h4-13H2,1-3H3. The molecule has 0 atom stereocenters. The molecule has 0 fully saturated rings. The Hall–Kier alpha value is 0.0269. The van der Waals surface area contributed by atoms with Crippen LogP contribution in [-0.2, 0) is 13.3 Å². The number of rotatable bonds is 13. The minimum Gasteiger partial charge on any atom is -0.374 e. The van der Waals surface area contributed by atoms with Gasteiger partial charge in [-0.3, -0.25) is 4.39 Å². The van der Waals surface area contributed by atoms with Gasteiger partial charge in [0.25, 0.3) is 0 Å². The fourth-order valence-electron chi connectivity index (χ4n) is 1.97. The molecule has 0 rings (SSSR count). The van der Waals surface area contributed by atoms with Crippen LogP contribution in [0.25, 0.3) is 0 Å². The molecule has 0 aliphatic heterocycles. The van der Waals surface area contributed by atoms with Gasteiger partial charge in [-0.1, -0.05) is 19.3 Å². The highest BCUT2D eigenvalue weighted by atomic mass is 28.4. The van der Waals surface area contributed by atoms with E-state index >= 15 is 0 Å². The molecule has 0 unspecified atom stereocenters. The highest BCUT2D eigenvalue weighted by Crippen LogP contribution is 2.20. The summed E-state index contributed by atoms with van der Waals surface area (Å²) in [6.45, 7) is 7.62. The molecule has 0 saturated carbocycles. The van der Waals surface area contributed by atoms with Crippen molar-refractivity contribution in [2.75, 3.05) is 26.5 Å². The summed E-state index contributed by atoms with van der Waals surface area (Å²) in [6, 6.07) is 0.873. The van der Waals surface area contributed by atoms with Gasteiger partial charge < -0.3 is 13.3 Å². The molecule has 0 aliphatic rings. The van der Waals surface area contributed by atoms with Crippen LogP contribution >= 0.6 is 0 Å². The molecule has 0 aliphatic carbocycles. The second-order valence-corrected chi connectivity index (χ2v) is 6.92. The third kappa shape index (κ3) is 8.19. The summed E-state index contributed by atoms with van der Waals surface area (Å²) in [7, 11) is -2.44. The first-order valence-electron chi connectivity index (χ1n) is 7.22. The molecule has 0 spiro atoms. The summed E-state index contributed by atoms with van der Waals surface area (Å²) >= 11 is 0. The van der Waals surface area contributed by atoms with E-state index in [2.05, 4.69) is 0 Å². The van der Waals surface area contributed by atoms with Gasteiger partial charge in [-0.25, -0.2) is 0 Å². The van der Waals surface area contributed by atoms with Crippen molar-refractivity contribution in [3.8, 4) is 0 Å². The molecule has 0 amide bonds. The van der Waals surface area contributed by atoms with Crippen LogP contribution in [0.1, 0.15) is 52.9 Å². The van der Waals surface area contributed by atoms with E-state index in [4.69, 9.17) is 13.3 Å². The SMILES string of the molecule is CCO[Si](CCCCCCCF)(OCC)OCC. The van der Waals surface area contributed by atoms with Gasteiger partial charge >= 0.3 is 8.80 Å². The number of unbranched alkanes of at least 4 members (excludes halogenated alkanes) is 4. The Kier molecular flexibility index (Phi) is 12.1. The Morgan fingerprint density at radius 3 is 1.61 bits per heavy atom. The first-order chi connectivity index (χ1) is 8.74. The van der Waals surface area contributed by atoms with Crippen LogP contribution in [0.4, 0.5) is 4.39 Å². The van der Waals surface area contributed by atoms with Gasteiger partial charge in [-0.05, 0) is 33.6 Å². The van der Waals surface area contributed by atoms with Crippen molar-refractivity contribution < 1.29 is 17.7 Å². The molecule has 110 valence electrons. The third-order valence-electron chi connectivity index (χ3n) is 2.71. The summed E-state index contributed by atoms with van der Waals surface area (Å²) < 4.78 is 29.3. The largest absolute Gasteiger partial charge is 0.500 e. The van der Waals surface area contributed by atoms with Gasteiger partial charge in [0.1, 0.15) is 0 Å². The zero-order valence-electron chi connectivity index (χ0n) is 12.2. The Balaban J connectivity index is 3.97. The maximum atomic E-state index is 11.9. The lowest BCUT2D eigenvalue weighted by Gasteiger charge is -2.28. The lowest BCUT2D eigenvalue weighted by molar-refractivity contribution is 0.0706. The molecule has 5 heteroatoms. The summed E-state index contributed by atoms with van der Waals surface area (Å²) in [6.07, 6.45) is 4.88. The molecule has 0 heterocycles. The number of alkyl halides is 1. The van der Waals surface area contributed by atoms with Crippen molar-refractivity contribution in [3.63, 3.8) is 0 Å². The first-order valence-corrected chi connectivity index (χ1v) is 9.15. The van der Waals surface area contributed by atoms with Crippen LogP contribution in [0.15, 0.2) is 0 Å². The van der Waals surface area contributed by atoms with Crippen LogP contribution in [0.5, 0.6) is 0 Å². The maximum Gasteiger partial charge on any atom is 0.500 e. The molecular formula is C13H29FO3Si. The average Bonchev–Trinajstić information content (AvgIpc) is 2.35. The van der Waals surface area contributed by atoms with Crippen molar-refractivity contribution >= 4 is 8.80 Å². The maximum absolute atomic E-state index is 11.9. The van der Waals surface area contributed by atoms with E-state index in [0.717, 1.165) is 31.7 Å². The second kappa shape index (κ2) is 12.1. The molecule has 0 N–H and O–H groups in total. The Labute approximate surface area is 112 Å². The zero-order chi connectivity index (χ0) is 13.7. The molecule has 0 aromatic heterocycles. The van der Waals surface area contributed by atoms with Crippen molar-refractivity contribution in [2.24, 2.45) is 0 Å². The van der Waals surface area contributed by atoms with Crippen molar-refractivity contribution in [3.05, 3.63) is 0 Å². The monoisotopic (exact) mass is 280 g/mol. The van der Waals surface area contributed by atoms with E-state index in [1.807, 2.05) is 20.8 Å². The second-order valence-electron chi connectivity index (χ2n) is 4.19. The lowest BCUT2D eigenvalue weighted by atomic mass is 10.2. The number of halogens is 1. The predicted molar refractivity (Wildman–Crippen MR) is 74.5 cm³/mol. The molecule has 0 saturated heterocycles. The predicted octanol–water partition coefficient (Wildman–Crippen LogP) is 3.95. The minimum atomic E-state index is -2.44. The fraction of sp³-hybridized carbons (Fsp3) is 1.00. The zero-order valence-corrected chi connectivity index (χ0v) is 13.2. The Morgan fingerprint density at radius 2 is 1.17 bits per heavy atom. The topological polar surface area (TPSA) is 27.7 Å². The van der Waals surface area contributed by atoms with Gasteiger partial charge in [0.05, 0.1) is 6.67 Å². The van der Waals surface area contributed by atoms with E-state index in [9.17, 15) is 4.39 Å². The Morgan fingerprint density at radius 1 is 0.722 bits per heavy atom. The lowest BCUT2D eigenvalue weighted by Crippen LogP contribution is -2.45. The number of hydrogen-bond acceptors (Lipinski definition) is 3. The smallest absolute Gasteiger partial charge is 0.374 e. The van der Waals surface area contributed by atoms with Gasteiger partial charge in [0.2, 0.25) is 0 Å². The molecular weight excluding hydrogens is 251 g/mol. The summed E-state index contributed by atoms with van der Waals surface area (Å²) in [5, 5.41) is 0. The van der Waals surface area contributed by atoms with Gasteiger partial charge in [-0.15, -0.1) is 0 Å². The summed E-state index contributed by atoms with van der Waals surface area (Å²) in [4.78, 5) is 0. The van der Waals surface area contributed by atoms with Crippen molar-refractivity contribution in [1.82, 2.24) is 0 Å². The van der Waals surface area contributed by atoms with Gasteiger partial charge in [0, 0.05) is 25.9 Å². The van der Waals surface area contributed by atoms with Crippen molar-refractivity contribution in [1.29, 1.82) is 0 Å². The highest BCUT2D eigenvalue weighted by Gasteiger charge is 2.39. The van der Waals surface area contributed by atoms with E-state index < -0.39 is 8.80 Å². The normalized spacial score (nSPS) is 12.0. The molecule has 0 bridgehead atoms. The summed E-state index contributed by atoms with van der Waals surface area (Å²) in [5.74, 6) is 0. The molecule has 0 aromatic rings. The highest BCUT2D eigenvalue weighted by molar-refractivity contribution is 6.60. The van der Waals surface area contributed by atoms with Crippen LogP contribution in [0.2, 0.25) is 6.04 Å². The summed E-state index contributed by atoms with van der Waals surface area (Å²) in [5.41, 5.74) is 0. The third-order valence-corrected chi connectivity index (χ3v) is 5.86. The Bertz CT molecular complexity index is 165. The molecule has 0 radical (unpaired) electrons. The molecule has 3 nitrogen and oxygen atoms in total. The molecule has 18 heavy (non-hydrogen) atoms. The minimum absolute atomic E-state index is 0.199. The van der Waals surface area contributed by atoms with Crippen LogP contribution < -0.4 is 0 Å². The van der Waals surface area contributed by atoms with E-state index in [1.54, 1.807) is 0 Å². The number of hydrogen-bond donors (Lipinski definition) is 0. The fourth-order valence-corrected chi connectivity index (χ4v) is 4.65. The van der Waals surface area contributed by atoms with Gasteiger partial charge in [0.15, 0.2) is 0 Å². The first kappa shape index (κ1) is 18.0. The van der Waals surface area contributed by atoms with E-state index in [0.29, 0.717) is 26.2 Å². The quantitative estimate of drug-likeness (QED) is 0.377. The van der Waals surface area contributed by atoms with E-state index in [-0.39, 0.29) is 6.67 Å².